The Hall–Kier alpha value is -2.87. The fourth-order valence-corrected chi connectivity index (χ4v) is 6.45. The molecule has 8 heteroatoms. The SMILES string of the molecule is O=C(C[NH+]1CCC2(CC[C@@H]2OC(=O)C2(c3cccc(F)c3)CCCCCC2)CC1)Nc1cnccn1. The summed E-state index contributed by atoms with van der Waals surface area (Å²) in [4.78, 5) is 35.5. The number of aromatic nitrogens is 2. The number of benzene rings is 1. The van der Waals surface area contributed by atoms with Gasteiger partial charge in [0.2, 0.25) is 0 Å². The van der Waals surface area contributed by atoms with E-state index in [1.165, 1.54) is 23.2 Å². The Kier molecular flexibility index (Phi) is 7.32. The quantitative estimate of drug-likeness (QED) is 0.475. The number of rotatable bonds is 6. The zero-order valence-electron chi connectivity index (χ0n) is 20.8. The first-order chi connectivity index (χ1) is 17.5. The summed E-state index contributed by atoms with van der Waals surface area (Å²) in [5.41, 5.74) is 0.0184. The van der Waals surface area contributed by atoms with Crippen LogP contribution in [0.3, 0.4) is 0 Å². The molecule has 2 aromatic rings. The van der Waals surface area contributed by atoms with Crippen molar-refractivity contribution in [2.45, 2.75) is 75.7 Å². The summed E-state index contributed by atoms with van der Waals surface area (Å²) in [6.07, 6.45) is 13.9. The molecule has 0 unspecified atom stereocenters. The van der Waals surface area contributed by atoms with Crippen LogP contribution in [0, 0.1) is 11.2 Å². The highest BCUT2D eigenvalue weighted by Crippen LogP contribution is 2.50. The lowest BCUT2D eigenvalue weighted by atomic mass is 9.60. The third-order valence-electron chi connectivity index (χ3n) is 8.76. The van der Waals surface area contributed by atoms with Crippen LogP contribution in [0.4, 0.5) is 10.2 Å². The van der Waals surface area contributed by atoms with Crippen LogP contribution in [0.1, 0.15) is 69.8 Å². The third kappa shape index (κ3) is 5.14. The Balaban J connectivity index is 1.20. The summed E-state index contributed by atoms with van der Waals surface area (Å²) < 4.78 is 20.4. The normalized spacial score (nSPS) is 27.5. The number of carbonyl (C=O) groups is 2. The van der Waals surface area contributed by atoms with Gasteiger partial charge in [-0.05, 0) is 43.4 Å². The van der Waals surface area contributed by atoms with Crippen LogP contribution < -0.4 is 10.2 Å². The predicted octanol–water partition coefficient (Wildman–Crippen LogP) is 3.22. The number of anilines is 1. The fourth-order valence-electron chi connectivity index (χ4n) is 6.45. The molecule has 2 aliphatic carbocycles. The van der Waals surface area contributed by atoms with Crippen molar-refractivity contribution in [3.63, 3.8) is 0 Å². The molecule has 1 aromatic carbocycles. The van der Waals surface area contributed by atoms with Gasteiger partial charge in [-0.2, -0.15) is 0 Å². The molecule has 36 heavy (non-hydrogen) atoms. The number of piperidine rings is 1. The molecule has 5 rings (SSSR count). The minimum atomic E-state index is -0.750. The smallest absolute Gasteiger partial charge is 0.316 e. The van der Waals surface area contributed by atoms with Crippen LogP contribution in [-0.2, 0) is 19.7 Å². The minimum Gasteiger partial charge on any atom is -0.461 e. The monoisotopic (exact) mass is 495 g/mol. The van der Waals surface area contributed by atoms with Crippen LogP contribution >= 0.6 is 0 Å². The molecule has 1 spiro atoms. The van der Waals surface area contributed by atoms with Crippen molar-refractivity contribution < 1.29 is 23.6 Å². The largest absolute Gasteiger partial charge is 0.461 e. The van der Waals surface area contributed by atoms with Crippen LogP contribution in [0.2, 0.25) is 0 Å². The van der Waals surface area contributed by atoms with Crippen molar-refractivity contribution >= 4 is 17.7 Å². The van der Waals surface area contributed by atoms with E-state index in [0.29, 0.717) is 25.2 Å². The number of quaternary nitrogens is 1. The Morgan fingerprint density at radius 2 is 1.83 bits per heavy atom. The molecule has 0 radical (unpaired) electrons. The molecule has 2 saturated carbocycles. The number of carbonyl (C=O) groups excluding carboxylic acids is 2. The molecule has 7 nitrogen and oxygen atoms in total. The van der Waals surface area contributed by atoms with Gasteiger partial charge in [0.25, 0.3) is 5.91 Å². The molecule has 192 valence electrons. The van der Waals surface area contributed by atoms with E-state index in [1.54, 1.807) is 18.5 Å². The van der Waals surface area contributed by atoms with Crippen LogP contribution in [0.15, 0.2) is 42.9 Å². The van der Waals surface area contributed by atoms with Crippen molar-refractivity contribution in [2.75, 3.05) is 25.0 Å². The maximum atomic E-state index is 14.1. The molecule has 1 aliphatic heterocycles. The second-order valence-corrected chi connectivity index (χ2v) is 10.9. The molecular formula is C28H36FN4O3+. The predicted molar refractivity (Wildman–Crippen MR) is 133 cm³/mol. The highest BCUT2D eigenvalue weighted by Gasteiger charge is 2.54. The molecule has 2 heterocycles. The van der Waals surface area contributed by atoms with Gasteiger partial charge in [0.15, 0.2) is 12.4 Å². The van der Waals surface area contributed by atoms with Gasteiger partial charge in [-0.15, -0.1) is 0 Å². The fraction of sp³-hybridized carbons (Fsp3) is 0.571. The molecule has 1 amide bonds. The topological polar surface area (TPSA) is 85.6 Å². The van der Waals surface area contributed by atoms with Gasteiger partial charge < -0.3 is 15.0 Å². The molecule has 2 N–H and O–H groups in total. The highest BCUT2D eigenvalue weighted by atomic mass is 19.1. The third-order valence-corrected chi connectivity index (χ3v) is 8.76. The molecule has 3 fully saturated rings. The van der Waals surface area contributed by atoms with E-state index in [2.05, 4.69) is 15.3 Å². The van der Waals surface area contributed by atoms with Crippen LogP contribution in [0.5, 0.6) is 0 Å². The summed E-state index contributed by atoms with van der Waals surface area (Å²) in [5.74, 6) is -0.0737. The molecule has 1 aromatic heterocycles. The van der Waals surface area contributed by atoms with Gasteiger partial charge in [-0.25, -0.2) is 9.37 Å². The van der Waals surface area contributed by atoms with Gasteiger partial charge in [-0.1, -0.05) is 37.8 Å². The summed E-state index contributed by atoms with van der Waals surface area (Å²) in [5, 5.41) is 2.81. The number of hydrogen-bond donors (Lipinski definition) is 2. The van der Waals surface area contributed by atoms with E-state index in [1.807, 2.05) is 6.07 Å². The van der Waals surface area contributed by atoms with Gasteiger partial charge in [-0.3, -0.25) is 14.6 Å². The number of amides is 1. The highest BCUT2D eigenvalue weighted by molar-refractivity contribution is 5.90. The number of hydrogen-bond acceptors (Lipinski definition) is 5. The zero-order chi connectivity index (χ0) is 25.0. The molecule has 0 bridgehead atoms. The maximum absolute atomic E-state index is 14.1. The van der Waals surface area contributed by atoms with E-state index in [4.69, 9.17) is 4.74 Å². The average molecular weight is 496 g/mol. The number of esters is 1. The van der Waals surface area contributed by atoms with Crippen LogP contribution in [0.25, 0.3) is 0 Å². The average Bonchev–Trinajstić information content (AvgIpc) is 3.15. The lowest BCUT2D eigenvalue weighted by molar-refractivity contribution is -0.900. The Morgan fingerprint density at radius 1 is 1.06 bits per heavy atom. The van der Waals surface area contributed by atoms with E-state index >= 15 is 0 Å². The summed E-state index contributed by atoms with van der Waals surface area (Å²) in [7, 11) is 0. The number of nitrogens with zero attached hydrogens (tertiary/aromatic N) is 2. The number of nitrogens with one attached hydrogen (secondary N) is 2. The van der Waals surface area contributed by atoms with Crippen molar-refractivity contribution in [3.8, 4) is 0 Å². The van der Waals surface area contributed by atoms with Gasteiger partial charge >= 0.3 is 5.97 Å². The molecule has 1 saturated heterocycles. The molecular weight excluding hydrogens is 459 g/mol. The summed E-state index contributed by atoms with van der Waals surface area (Å²) in [6.45, 7) is 2.13. The van der Waals surface area contributed by atoms with Gasteiger partial charge in [0, 0.05) is 30.7 Å². The van der Waals surface area contributed by atoms with Gasteiger partial charge in [0.05, 0.1) is 24.7 Å². The Bertz CT molecular complexity index is 1060. The number of likely N-dealkylation sites (tertiary alicyclic amines) is 1. The first-order valence-corrected chi connectivity index (χ1v) is 13.4. The number of halogens is 1. The van der Waals surface area contributed by atoms with Crippen molar-refractivity contribution in [2.24, 2.45) is 5.41 Å². The van der Waals surface area contributed by atoms with Gasteiger partial charge in [0.1, 0.15) is 11.9 Å². The summed E-state index contributed by atoms with van der Waals surface area (Å²) >= 11 is 0. The van der Waals surface area contributed by atoms with Crippen LogP contribution in [-0.4, -0.2) is 47.6 Å². The van der Waals surface area contributed by atoms with Crippen molar-refractivity contribution in [1.82, 2.24) is 9.97 Å². The van der Waals surface area contributed by atoms with Crippen molar-refractivity contribution in [3.05, 3.63) is 54.2 Å². The van der Waals surface area contributed by atoms with E-state index in [0.717, 1.165) is 70.0 Å². The lowest BCUT2D eigenvalue weighted by Crippen LogP contribution is -3.14. The molecule has 1 atom stereocenters. The van der Waals surface area contributed by atoms with Crippen molar-refractivity contribution in [1.29, 1.82) is 0 Å². The number of ether oxygens (including phenoxy) is 1. The Labute approximate surface area is 211 Å². The molecule has 3 aliphatic rings. The lowest BCUT2D eigenvalue weighted by Gasteiger charge is -2.52. The van der Waals surface area contributed by atoms with E-state index in [9.17, 15) is 14.0 Å². The second kappa shape index (κ2) is 10.6. The first-order valence-electron chi connectivity index (χ1n) is 13.4. The minimum absolute atomic E-state index is 0.00833. The summed E-state index contributed by atoms with van der Waals surface area (Å²) in [6, 6.07) is 6.55. The second-order valence-electron chi connectivity index (χ2n) is 10.9. The Morgan fingerprint density at radius 3 is 2.47 bits per heavy atom. The zero-order valence-corrected chi connectivity index (χ0v) is 20.8. The maximum Gasteiger partial charge on any atom is 0.316 e. The first kappa shape index (κ1) is 24.8. The van der Waals surface area contributed by atoms with E-state index < -0.39 is 5.41 Å². The standard InChI is InChI=1S/C28H35FN4O3/c29-22-7-5-6-21(18-22)28(9-3-1-2-4-10-28)26(35)36-23-8-11-27(23)12-16-33(17-13-27)20-25(34)32-24-19-30-14-15-31-24/h5-7,14-15,18-19,23H,1-4,8-13,16-17,20H2,(H,31,32,34)/p+1/t23-/m0/s1. The van der Waals surface area contributed by atoms with E-state index in [-0.39, 0.29) is 29.2 Å².